The molecule has 0 atom stereocenters. The number of methoxy groups -OCH3 is 1. The van der Waals surface area contributed by atoms with Gasteiger partial charge < -0.3 is 4.74 Å². The van der Waals surface area contributed by atoms with Gasteiger partial charge in [0.05, 0.1) is 12.9 Å². The molecule has 0 aliphatic rings. The molecule has 0 aromatic carbocycles. The standard InChI is InChI=1S/C11H17NO4S2/c1-9-5-6-10(17-9)8-12-18(14,15)7-3-4-11(13)16-2/h5-6,12H,3-4,7-8H2,1-2H3. The molecule has 0 radical (unpaired) electrons. The van der Waals surface area contributed by atoms with Crippen molar-refractivity contribution >= 4 is 27.3 Å². The second kappa shape index (κ2) is 6.86. The number of carbonyl (C=O) groups excluding carboxylic acids is 1. The fourth-order valence-corrected chi connectivity index (χ4v) is 3.31. The predicted molar refractivity (Wildman–Crippen MR) is 70.9 cm³/mol. The number of nitrogens with one attached hydrogen (secondary N) is 1. The number of sulfonamides is 1. The van der Waals surface area contributed by atoms with E-state index in [9.17, 15) is 13.2 Å². The summed E-state index contributed by atoms with van der Waals surface area (Å²) in [6, 6.07) is 3.85. The van der Waals surface area contributed by atoms with Crippen LogP contribution in [0, 0.1) is 6.92 Å². The SMILES string of the molecule is COC(=O)CCCS(=O)(=O)NCc1ccc(C)s1. The van der Waals surface area contributed by atoms with E-state index in [4.69, 9.17) is 0 Å². The average Bonchev–Trinajstić information content (AvgIpc) is 2.72. The summed E-state index contributed by atoms with van der Waals surface area (Å²) in [7, 11) is -2.04. The molecule has 18 heavy (non-hydrogen) atoms. The summed E-state index contributed by atoms with van der Waals surface area (Å²) in [6.07, 6.45) is 0.390. The third-order valence-electron chi connectivity index (χ3n) is 2.28. The van der Waals surface area contributed by atoms with Crippen LogP contribution >= 0.6 is 11.3 Å². The highest BCUT2D eigenvalue weighted by Crippen LogP contribution is 2.14. The Hall–Kier alpha value is -0.920. The van der Waals surface area contributed by atoms with Crippen molar-refractivity contribution in [2.45, 2.75) is 26.3 Å². The molecule has 5 nitrogen and oxygen atoms in total. The van der Waals surface area contributed by atoms with E-state index in [2.05, 4.69) is 9.46 Å². The maximum absolute atomic E-state index is 11.6. The van der Waals surface area contributed by atoms with Crippen LogP contribution in [0.4, 0.5) is 0 Å². The van der Waals surface area contributed by atoms with Gasteiger partial charge in [-0.05, 0) is 25.5 Å². The van der Waals surface area contributed by atoms with Gasteiger partial charge in [-0.3, -0.25) is 4.79 Å². The van der Waals surface area contributed by atoms with E-state index >= 15 is 0 Å². The lowest BCUT2D eigenvalue weighted by molar-refractivity contribution is -0.140. The molecule has 0 saturated carbocycles. The minimum Gasteiger partial charge on any atom is -0.469 e. The maximum Gasteiger partial charge on any atom is 0.305 e. The molecule has 102 valence electrons. The van der Waals surface area contributed by atoms with Crippen molar-refractivity contribution in [3.63, 3.8) is 0 Å². The highest BCUT2D eigenvalue weighted by molar-refractivity contribution is 7.89. The van der Waals surface area contributed by atoms with E-state index in [0.29, 0.717) is 6.54 Å². The first-order valence-electron chi connectivity index (χ1n) is 5.52. The minimum atomic E-state index is -3.33. The monoisotopic (exact) mass is 291 g/mol. The van der Waals surface area contributed by atoms with Gasteiger partial charge in [-0.1, -0.05) is 0 Å². The Morgan fingerprint density at radius 1 is 1.44 bits per heavy atom. The van der Waals surface area contributed by atoms with Crippen LogP contribution in [-0.4, -0.2) is 27.2 Å². The van der Waals surface area contributed by atoms with Crippen LogP contribution in [0.5, 0.6) is 0 Å². The summed E-state index contributed by atoms with van der Waals surface area (Å²) < 4.78 is 30.2. The van der Waals surface area contributed by atoms with Crippen molar-refractivity contribution in [1.82, 2.24) is 4.72 Å². The van der Waals surface area contributed by atoms with Gasteiger partial charge >= 0.3 is 5.97 Å². The van der Waals surface area contributed by atoms with Crippen LogP contribution in [-0.2, 0) is 26.1 Å². The molecule has 0 aliphatic heterocycles. The summed E-state index contributed by atoms with van der Waals surface area (Å²) in [6.45, 7) is 2.28. The fraction of sp³-hybridized carbons (Fsp3) is 0.545. The highest BCUT2D eigenvalue weighted by atomic mass is 32.2. The Bertz CT molecular complexity index is 493. The Morgan fingerprint density at radius 2 is 2.17 bits per heavy atom. The number of esters is 1. The van der Waals surface area contributed by atoms with Gasteiger partial charge in [-0.2, -0.15) is 0 Å². The highest BCUT2D eigenvalue weighted by Gasteiger charge is 2.11. The first-order valence-corrected chi connectivity index (χ1v) is 7.99. The van der Waals surface area contributed by atoms with Crippen LogP contribution in [0.1, 0.15) is 22.6 Å². The van der Waals surface area contributed by atoms with Crippen LogP contribution < -0.4 is 4.72 Å². The molecule has 0 spiro atoms. The van der Waals surface area contributed by atoms with Crippen LogP contribution in [0.25, 0.3) is 0 Å². The summed E-state index contributed by atoms with van der Waals surface area (Å²) in [4.78, 5) is 13.0. The molecule has 1 N–H and O–H groups in total. The van der Waals surface area contributed by atoms with E-state index < -0.39 is 10.0 Å². The number of hydrogen-bond donors (Lipinski definition) is 1. The zero-order valence-corrected chi connectivity index (χ0v) is 12.1. The molecule has 0 aliphatic carbocycles. The summed E-state index contributed by atoms with van der Waals surface area (Å²) in [5.41, 5.74) is 0. The molecule has 0 saturated heterocycles. The molecule has 0 fully saturated rings. The summed E-state index contributed by atoms with van der Waals surface area (Å²) >= 11 is 1.56. The number of carbonyl (C=O) groups is 1. The minimum absolute atomic E-state index is 0.0630. The number of ether oxygens (including phenoxy) is 1. The van der Waals surface area contributed by atoms with E-state index in [1.54, 1.807) is 11.3 Å². The van der Waals surface area contributed by atoms with Gasteiger partial charge in [-0.15, -0.1) is 11.3 Å². The molecule has 1 aromatic heterocycles. The third-order valence-corrected chi connectivity index (χ3v) is 4.69. The molecular formula is C11H17NO4S2. The zero-order valence-electron chi connectivity index (χ0n) is 10.4. The van der Waals surface area contributed by atoms with Crippen molar-refractivity contribution in [2.24, 2.45) is 0 Å². The Kier molecular flexibility index (Phi) is 5.77. The van der Waals surface area contributed by atoms with Crippen molar-refractivity contribution in [3.05, 3.63) is 21.9 Å². The smallest absolute Gasteiger partial charge is 0.305 e. The second-order valence-electron chi connectivity index (χ2n) is 3.83. The maximum atomic E-state index is 11.6. The quantitative estimate of drug-likeness (QED) is 0.771. The van der Waals surface area contributed by atoms with Crippen molar-refractivity contribution in [3.8, 4) is 0 Å². The van der Waals surface area contributed by atoms with Gasteiger partial charge in [0.15, 0.2) is 0 Å². The third kappa shape index (κ3) is 5.61. The van der Waals surface area contributed by atoms with Gasteiger partial charge in [0.1, 0.15) is 0 Å². The topological polar surface area (TPSA) is 72.5 Å². The molecule has 1 heterocycles. The van der Waals surface area contributed by atoms with E-state index in [-0.39, 0.29) is 24.6 Å². The molecule has 1 aromatic rings. The fourth-order valence-electron chi connectivity index (χ4n) is 1.34. The number of hydrogen-bond acceptors (Lipinski definition) is 5. The van der Waals surface area contributed by atoms with Crippen molar-refractivity contribution in [1.29, 1.82) is 0 Å². The molecule has 1 rings (SSSR count). The van der Waals surface area contributed by atoms with E-state index in [1.165, 1.54) is 7.11 Å². The number of thiophene rings is 1. The van der Waals surface area contributed by atoms with Crippen LogP contribution in [0.3, 0.4) is 0 Å². The van der Waals surface area contributed by atoms with Gasteiger partial charge in [0.25, 0.3) is 0 Å². The number of rotatable bonds is 7. The lowest BCUT2D eigenvalue weighted by Gasteiger charge is -2.05. The largest absolute Gasteiger partial charge is 0.469 e. The second-order valence-corrected chi connectivity index (χ2v) is 7.13. The van der Waals surface area contributed by atoms with Gasteiger partial charge in [0, 0.05) is 22.7 Å². The molecule has 0 amide bonds. The molecule has 7 heteroatoms. The van der Waals surface area contributed by atoms with Crippen LogP contribution in [0.15, 0.2) is 12.1 Å². The lowest BCUT2D eigenvalue weighted by Crippen LogP contribution is -2.26. The Balaban J connectivity index is 2.33. The molecular weight excluding hydrogens is 274 g/mol. The van der Waals surface area contributed by atoms with E-state index in [1.807, 2.05) is 19.1 Å². The van der Waals surface area contributed by atoms with Crippen molar-refractivity contribution < 1.29 is 17.9 Å². The first kappa shape index (κ1) is 15.1. The number of aryl methyl sites for hydroxylation is 1. The Labute approximate surface area is 111 Å². The predicted octanol–water partition coefficient (Wildman–Crippen LogP) is 1.43. The molecule has 0 unspecified atom stereocenters. The van der Waals surface area contributed by atoms with Crippen LogP contribution in [0.2, 0.25) is 0 Å². The van der Waals surface area contributed by atoms with Crippen molar-refractivity contribution in [2.75, 3.05) is 12.9 Å². The molecule has 0 bridgehead atoms. The lowest BCUT2D eigenvalue weighted by atomic mass is 10.3. The van der Waals surface area contributed by atoms with Gasteiger partial charge in [-0.25, -0.2) is 13.1 Å². The Morgan fingerprint density at radius 3 is 2.72 bits per heavy atom. The van der Waals surface area contributed by atoms with Gasteiger partial charge in [0.2, 0.25) is 10.0 Å². The summed E-state index contributed by atoms with van der Waals surface area (Å²) in [5, 5.41) is 0. The normalized spacial score (nSPS) is 11.4. The summed E-state index contributed by atoms with van der Waals surface area (Å²) in [5.74, 6) is -0.453. The first-order chi connectivity index (χ1) is 8.43. The average molecular weight is 291 g/mol. The zero-order chi connectivity index (χ0) is 13.6. The van der Waals surface area contributed by atoms with E-state index in [0.717, 1.165) is 9.75 Å².